The Morgan fingerprint density at radius 3 is 2.67 bits per heavy atom. The molecule has 0 aromatic rings. The van der Waals surface area contributed by atoms with Crippen LogP contribution in [0, 0.1) is 34.5 Å². The second-order valence-electron chi connectivity index (χ2n) is 11.2. The summed E-state index contributed by atoms with van der Waals surface area (Å²) >= 11 is 0. The number of allylic oxidation sites excluding steroid dienone is 2. The summed E-state index contributed by atoms with van der Waals surface area (Å²) in [5.74, 6) is 1.99. The van der Waals surface area contributed by atoms with Crippen molar-refractivity contribution in [2.75, 3.05) is 13.2 Å². The first kappa shape index (κ1) is 22.3. The molecule has 4 saturated carbocycles. The highest BCUT2D eigenvalue weighted by atomic mass is 16.6. The summed E-state index contributed by atoms with van der Waals surface area (Å²) in [5.41, 5.74) is 6.18. The average Bonchev–Trinajstić information content (AvgIpc) is 2.97. The molecule has 0 radical (unpaired) electrons. The maximum atomic E-state index is 12.2. The van der Waals surface area contributed by atoms with Gasteiger partial charge in [-0.25, -0.2) is 0 Å². The monoisotopic (exact) mass is 418 g/mol. The smallest absolute Gasteiger partial charge is 0.129 e. The van der Waals surface area contributed by atoms with Crippen LogP contribution in [0.4, 0.5) is 0 Å². The molecule has 0 unspecified atom stereocenters. The highest BCUT2D eigenvalue weighted by Crippen LogP contribution is 2.69. The van der Waals surface area contributed by atoms with Crippen molar-refractivity contribution >= 4 is 6.21 Å². The van der Waals surface area contributed by atoms with Gasteiger partial charge in [-0.3, -0.25) is 0 Å². The van der Waals surface area contributed by atoms with E-state index in [0.717, 1.165) is 56.9 Å². The van der Waals surface area contributed by atoms with E-state index in [4.69, 9.17) is 10.6 Å². The van der Waals surface area contributed by atoms with Crippen LogP contribution in [0.25, 0.3) is 0 Å². The lowest BCUT2D eigenvalue weighted by Crippen LogP contribution is -2.62. The molecule has 0 aliphatic heterocycles. The normalized spacial score (nSPS) is 48.9. The maximum absolute atomic E-state index is 12.2. The van der Waals surface area contributed by atoms with Gasteiger partial charge in [0.2, 0.25) is 0 Å². The van der Waals surface area contributed by atoms with E-state index < -0.39 is 5.60 Å². The second kappa shape index (κ2) is 8.22. The molecule has 4 aliphatic rings. The number of nitrogens with zero attached hydrogens (tertiary/aromatic N) is 1. The van der Waals surface area contributed by atoms with Gasteiger partial charge in [-0.15, -0.1) is 0 Å². The lowest BCUT2D eigenvalue weighted by molar-refractivity contribution is -0.207. The quantitative estimate of drug-likeness (QED) is 0.357. The summed E-state index contributed by atoms with van der Waals surface area (Å²) in [6.45, 7) is 7.79. The molecule has 0 bridgehead atoms. The number of oxime groups is 1. The number of nitrogens with two attached hydrogens (primary N) is 1. The van der Waals surface area contributed by atoms with Gasteiger partial charge in [0.05, 0.1) is 17.9 Å². The van der Waals surface area contributed by atoms with Crippen molar-refractivity contribution in [2.24, 2.45) is 45.4 Å². The lowest BCUT2D eigenvalue weighted by atomic mass is 9.43. The van der Waals surface area contributed by atoms with Gasteiger partial charge in [-0.1, -0.05) is 25.1 Å². The van der Waals surface area contributed by atoms with Crippen LogP contribution in [-0.2, 0) is 4.84 Å². The zero-order valence-electron chi connectivity index (χ0n) is 19.1. The van der Waals surface area contributed by atoms with E-state index in [9.17, 15) is 10.2 Å². The average molecular weight is 419 g/mol. The first-order valence-electron chi connectivity index (χ1n) is 12.2. The molecule has 30 heavy (non-hydrogen) atoms. The maximum Gasteiger partial charge on any atom is 0.129 e. The molecule has 4 fully saturated rings. The van der Waals surface area contributed by atoms with E-state index >= 15 is 0 Å². The summed E-state index contributed by atoms with van der Waals surface area (Å²) < 4.78 is 0. The van der Waals surface area contributed by atoms with E-state index in [0.29, 0.717) is 36.8 Å². The van der Waals surface area contributed by atoms with Crippen molar-refractivity contribution in [3.05, 3.63) is 11.6 Å². The topological polar surface area (TPSA) is 88.1 Å². The van der Waals surface area contributed by atoms with E-state index in [1.807, 2.05) is 0 Å². The number of rotatable bonds is 5. The zero-order valence-corrected chi connectivity index (χ0v) is 19.1. The third-order valence-electron chi connectivity index (χ3n) is 9.90. The standard InChI is InChI=1S/C25H42N2O3/c1-17(16-27-30-13-12-26)14-19-6-11-25(29)22-5-4-18-15-20(28)7-9-23(18,2)21(22)8-10-24(19,25)3/h14,16,18-22,28-29H,4-13,15,26H2,1-3H3/b17-14+,27-16+/t18-,19-,20+,21+,22-,23+,24-,25+/m1/s1. The Labute approximate surface area is 182 Å². The minimum Gasteiger partial charge on any atom is -0.394 e. The van der Waals surface area contributed by atoms with Crippen LogP contribution in [0.15, 0.2) is 16.8 Å². The Kier molecular flexibility index (Phi) is 6.10. The molecule has 4 rings (SSSR count). The van der Waals surface area contributed by atoms with Gasteiger partial charge in [0.1, 0.15) is 6.61 Å². The molecule has 170 valence electrons. The van der Waals surface area contributed by atoms with E-state index in [1.54, 1.807) is 6.21 Å². The molecular formula is C25H42N2O3. The van der Waals surface area contributed by atoms with Crippen molar-refractivity contribution in [3.8, 4) is 0 Å². The molecule has 8 atom stereocenters. The second-order valence-corrected chi connectivity index (χ2v) is 11.2. The largest absolute Gasteiger partial charge is 0.394 e. The summed E-state index contributed by atoms with van der Waals surface area (Å²) in [7, 11) is 0. The highest BCUT2D eigenvalue weighted by molar-refractivity contribution is 5.77. The fourth-order valence-electron chi connectivity index (χ4n) is 8.10. The SMILES string of the molecule is CC(/C=N/OCCN)=C\[C@H]1CC[C@]2(O)[C@@H]3CC[C@@H]4C[C@@H](O)CC[C@]4(C)[C@H]3CC[C@]12C. The zero-order chi connectivity index (χ0) is 21.6. The van der Waals surface area contributed by atoms with Crippen molar-refractivity contribution in [1.29, 1.82) is 0 Å². The van der Waals surface area contributed by atoms with Gasteiger partial charge in [-0.05, 0) is 99.4 Å². The Morgan fingerprint density at radius 1 is 1.10 bits per heavy atom. The van der Waals surface area contributed by atoms with Gasteiger partial charge in [0.25, 0.3) is 0 Å². The van der Waals surface area contributed by atoms with Crippen molar-refractivity contribution in [1.82, 2.24) is 0 Å². The molecule has 0 aromatic heterocycles. The summed E-state index contributed by atoms with van der Waals surface area (Å²) in [6, 6.07) is 0. The van der Waals surface area contributed by atoms with Crippen LogP contribution >= 0.6 is 0 Å². The molecule has 4 aliphatic carbocycles. The predicted octanol–water partition coefficient (Wildman–Crippen LogP) is 4.03. The first-order valence-corrected chi connectivity index (χ1v) is 12.2. The highest BCUT2D eigenvalue weighted by Gasteiger charge is 2.66. The minimum atomic E-state index is -0.575. The summed E-state index contributed by atoms with van der Waals surface area (Å²) in [5, 5.41) is 26.4. The van der Waals surface area contributed by atoms with Crippen LogP contribution in [0.3, 0.4) is 0 Å². The molecule has 0 heterocycles. The Hall–Kier alpha value is -0.910. The van der Waals surface area contributed by atoms with Crippen LogP contribution in [0.2, 0.25) is 0 Å². The summed E-state index contributed by atoms with van der Waals surface area (Å²) in [6.07, 6.45) is 13.5. The Bertz CT molecular complexity index is 694. The molecule has 0 amide bonds. The van der Waals surface area contributed by atoms with Gasteiger partial charge >= 0.3 is 0 Å². The van der Waals surface area contributed by atoms with E-state index in [-0.39, 0.29) is 16.9 Å². The Balaban J connectivity index is 1.54. The van der Waals surface area contributed by atoms with Crippen LogP contribution in [0.5, 0.6) is 0 Å². The molecule has 5 heteroatoms. The molecule has 0 spiro atoms. The third kappa shape index (κ3) is 3.45. The fourth-order valence-corrected chi connectivity index (χ4v) is 8.10. The number of hydrogen-bond acceptors (Lipinski definition) is 5. The molecule has 0 aromatic carbocycles. The first-order chi connectivity index (χ1) is 14.2. The molecule has 5 nitrogen and oxygen atoms in total. The van der Waals surface area contributed by atoms with Gasteiger partial charge in [0.15, 0.2) is 0 Å². The number of aliphatic hydroxyl groups excluding tert-OH is 1. The molecule has 0 saturated heterocycles. The van der Waals surface area contributed by atoms with Gasteiger partial charge < -0.3 is 20.8 Å². The van der Waals surface area contributed by atoms with Crippen molar-refractivity contribution < 1.29 is 15.1 Å². The van der Waals surface area contributed by atoms with Gasteiger partial charge in [-0.2, -0.15) is 0 Å². The van der Waals surface area contributed by atoms with Crippen LogP contribution in [-0.4, -0.2) is 41.3 Å². The Morgan fingerprint density at radius 2 is 1.90 bits per heavy atom. The fraction of sp³-hybridized carbons (Fsp3) is 0.880. The number of aliphatic hydroxyl groups is 2. The van der Waals surface area contributed by atoms with E-state index in [1.165, 1.54) is 6.42 Å². The van der Waals surface area contributed by atoms with Gasteiger partial charge in [0, 0.05) is 12.0 Å². The van der Waals surface area contributed by atoms with Crippen LogP contribution in [0.1, 0.15) is 78.6 Å². The van der Waals surface area contributed by atoms with Crippen molar-refractivity contribution in [3.63, 3.8) is 0 Å². The van der Waals surface area contributed by atoms with E-state index in [2.05, 4.69) is 32.0 Å². The third-order valence-corrected chi connectivity index (χ3v) is 9.90. The predicted molar refractivity (Wildman–Crippen MR) is 120 cm³/mol. The molecule has 4 N–H and O–H groups in total. The minimum absolute atomic E-state index is 0.0707. The molecular weight excluding hydrogens is 376 g/mol. The van der Waals surface area contributed by atoms with Crippen LogP contribution < -0.4 is 5.73 Å². The van der Waals surface area contributed by atoms with Crippen molar-refractivity contribution in [2.45, 2.75) is 90.3 Å². The lowest BCUT2D eigenvalue weighted by Gasteiger charge is -2.63. The number of fused-ring (bicyclic) bond motifs is 5. The summed E-state index contributed by atoms with van der Waals surface area (Å²) in [4.78, 5) is 5.15. The number of hydrogen-bond donors (Lipinski definition) is 3.